The summed E-state index contributed by atoms with van der Waals surface area (Å²) >= 11 is 5.82. The number of Topliss-reactive ketones (excluding diaryl/α,β-unsaturated/α-hetero) is 1. The van der Waals surface area contributed by atoms with Crippen LogP contribution in [0.3, 0.4) is 0 Å². The molecule has 0 aromatic heterocycles. The molecule has 0 unspecified atom stereocenters. The zero-order chi connectivity index (χ0) is 19.6. The molecule has 2 nitrogen and oxygen atoms in total. The van der Waals surface area contributed by atoms with Gasteiger partial charge in [0.25, 0.3) is 0 Å². The van der Waals surface area contributed by atoms with Gasteiger partial charge in [-0.2, -0.15) is 0 Å². The number of benzene rings is 2. The maximum absolute atomic E-state index is 13.9. The van der Waals surface area contributed by atoms with Crippen molar-refractivity contribution in [3.63, 3.8) is 0 Å². The highest BCUT2D eigenvalue weighted by Gasteiger charge is 2.57. The number of ketones is 1. The van der Waals surface area contributed by atoms with Crippen LogP contribution in [0.4, 0.5) is 4.39 Å². The first-order valence-electron chi connectivity index (χ1n) is 10.1. The maximum Gasteiger partial charge on any atom is 0.170 e. The van der Waals surface area contributed by atoms with Crippen LogP contribution < -0.4 is 0 Å². The fraction of sp³-hybridized carbons (Fsp3) is 0.375. The Morgan fingerprint density at radius 2 is 1.75 bits per heavy atom. The second-order valence-corrected chi connectivity index (χ2v) is 8.77. The second-order valence-electron chi connectivity index (χ2n) is 8.36. The molecule has 2 fully saturated rings. The molecule has 2 aromatic rings. The molecule has 0 amide bonds. The standard InChI is InChI=1S/C24H22ClFO2/c1-2-12-3-4-13(14-7-8-18(25)19(26)11-14)10-17(12)22-23(27)20-15-5-6-16(9-15)21(20)24(22)28/h3-4,7-8,10-11,15-16,20-21,27H,2,5-6,9H2,1H3/t15-,16+,20-,21+/m1/s1. The van der Waals surface area contributed by atoms with E-state index in [9.17, 15) is 14.3 Å². The number of fused-ring (bicyclic) bond motifs is 5. The quantitative estimate of drug-likeness (QED) is 0.668. The summed E-state index contributed by atoms with van der Waals surface area (Å²) < 4.78 is 13.9. The molecule has 0 heterocycles. The van der Waals surface area contributed by atoms with Crippen molar-refractivity contribution in [2.75, 3.05) is 0 Å². The minimum atomic E-state index is -0.467. The lowest BCUT2D eigenvalue weighted by Crippen LogP contribution is -2.24. The molecule has 4 atom stereocenters. The number of aryl methyl sites for hydroxylation is 1. The number of rotatable bonds is 3. The number of carbonyl (C=O) groups excluding carboxylic acids is 1. The van der Waals surface area contributed by atoms with E-state index < -0.39 is 5.82 Å². The van der Waals surface area contributed by atoms with E-state index >= 15 is 0 Å². The van der Waals surface area contributed by atoms with Gasteiger partial charge in [0.15, 0.2) is 5.78 Å². The van der Waals surface area contributed by atoms with E-state index in [0.717, 1.165) is 42.4 Å². The number of aliphatic hydroxyl groups excluding tert-OH is 1. The number of hydrogen-bond donors (Lipinski definition) is 1. The Bertz CT molecular complexity index is 1030. The Hall–Kier alpha value is -2.13. The summed E-state index contributed by atoms with van der Waals surface area (Å²) in [7, 11) is 0. The Balaban J connectivity index is 1.63. The lowest BCUT2D eigenvalue weighted by molar-refractivity contribution is -0.118. The third-order valence-corrected chi connectivity index (χ3v) is 7.36. The van der Waals surface area contributed by atoms with Crippen LogP contribution in [0.1, 0.15) is 37.3 Å². The first-order valence-corrected chi connectivity index (χ1v) is 10.4. The average molecular weight is 397 g/mol. The summed E-state index contributed by atoms with van der Waals surface area (Å²) in [6, 6.07) is 10.6. The summed E-state index contributed by atoms with van der Waals surface area (Å²) in [5, 5.41) is 11.1. The van der Waals surface area contributed by atoms with Crippen molar-refractivity contribution in [2.24, 2.45) is 23.7 Å². The third-order valence-electron chi connectivity index (χ3n) is 7.05. The lowest BCUT2D eigenvalue weighted by atomic mass is 9.80. The normalized spacial score (nSPS) is 28.3. The highest BCUT2D eigenvalue weighted by Crippen LogP contribution is 2.60. The van der Waals surface area contributed by atoms with Gasteiger partial charge in [0.2, 0.25) is 0 Å². The van der Waals surface area contributed by atoms with Crippen LogP contribution in [-0.2, 0) is 11.2 Å². The molecule has 0 radical (unpaired) electrons. The summed E-state index contributed by atoms with van der Waals surface area (Å²) in [6.45, 7) is 2.04. The van der Waals surface area contributed by atoms with Crippen LogP contribution in [0, 0.1) is 29.5 Å². The van der Waals surface area contributed by atoms with Crippen molar-refractivity contribution in [3.05, 3.63) is 64.1 Å². The monoisotopic (exact) mass is 396 g/mol. The van der Waals surface area contributed by atoms with Gasteiger partial charge < -0.3 is 5.11 Å². The fourth-order valence-electron chi connectivity index (χ4n) is 5.77. The number of halogens is 2. The zero-order valence-corrected chi connectivity index (χ0v) is 16.5. The number of allylic oxidation sites excluding steroid dienone is 2. The first kappa shape index (κ1) is 17.9. The molecule has 5 rings (SSSR count). The summed E-state index contributed by atoms with van der Waals surface area (Å²) in [5.41, 5.74) is 3.85. The molecule has 0 saturated heterocycles. The molecule has 144 valence electrons. The predicted molar refractivity (Wildman–Crippen MR) is 109 cm³/mol. The van der Waals surface area contributed by atoms with Crippen molar-refractivity contribution in [1.29, 1.82) is 0 Å². The second kappa shape index (κ2) is 6.45. The fourth-order valence-corrected chi connectivity index (χ4v) is 5.88. The van der Waals surface area contributed by atoms with Crippen molar-refractivity contribution in [1.82, 2.24) is 0 Å². The topological polar surface area (TPSA) is 37.3 Å². The molecule has 2 saturated carbocycles. The minimum absolute atomic E-state index is 0.00240. The van der Waals surface area contributed by atoms with Crippen LogP contribution >= 0.6 is 11.6 Å². The van der Waals surface area contributed by atoms with E-state index in [1.165, 1.54) is 6.07 Å². The van der Waals surface area contributed by atoms with E-state index in [-0.39, 0.29) is 28.4 Å². The SMILES string of the molecule is CCc1ccc(-c2ccc(Cl)c(F)c2)cc1C1=C(O)[C@@H]2[C@@H]3CC[C@@H](C3)[C@@H]2C1=O. The van der Waals surface area contributed by atoms with Gasteiger partial charge in [-0.3, -0.25) is 4.79 Å². The largest absolute Gasteiger partial charge is 0.511 e. The molecule has 0 aliphatic heterocycles. The Labute approximate surface area is 169 Å². The van der Waals surface area contributed by atoms with E-state index in [1.54, 1.807) is 12.1 Å². The van der Waals surface area contributed by atoms with Gasteiger partial charge in [0.1, 0.15) is 11.6 Å². The van der Waals surface area contributed by atoms with Crippen LogP contribution in [0.5, 0.6) is 0 Å². The maximum atomic E-state index is 13.9. The van der Waals surface area contributed by atoms with E-state index in [2.05, 4.69) is 0 Å². The van der Waals surface area contributed by atoms with Crippen molar-refractivity contribution in [3.8, 4) is 11.1 Å². The molecule has 1 N–H and O–H groups in total. The first-order chi connectivity index (χ1) is 13.5. The predicted octanol–water partition coefficient (Wildman–Crippen LogP) is 6.22. The van der Waals surface area contributed by atoms with Gasteiger partial charge in [-0.25, -0.2) is 4.39 Å². The van der Waals surface area contributed by atoms with E-state index in [4.69, 9.17) is 11.6 Å². The number of aliphatic hydroxyl groups is 1. The lowest BCUT2D eigenvalue weighted by Gasteiger charge is -2.23. The molecule has 2 aromatic carbocycles. The number of carbonyl (C=O) groups is 1. The van der Waals surface area contributed by atoms with Gasteiger partial charge in [-0.15, -0.1) is 0 Å². The highest BCUT2D eigenvalue weighted by atomic mass is 35.5. The summed E-state index contributed by atoms with van der Waals surface area (Å²) in [4.78, 5) is 13.3. The summed E-state index contributed by atoms with van der Waals surface area (Å²) in [6.07, 6.45) is 4.05. The molecule has 3 aliphatic carbocycles. The van der Waals surface area contributed by atoms with E-state index in [1.807, 2.05) is 25.1 Å². The number of hydrogen-bond acceptors (Lipinski definition) is 2. The Morgan fingerprint density at radius 3 is 2.43 bits per heavy atom. The Morgan fingerprint density at radius 1 is 1.07 bits per heavy atom. The molecular weight excluding hydrogens is 375 g/mol. The minimum Gasteiger partial charge on any atom is -0.511 e. The van der Waals surface area contributed by atoms with Gasteiger partial charge in [-0.1, -0.05) is 36.7 Å². The average Bonchev–Trinajstić information content (AvgIpc) is 3.37. The van der Waals surface area contributed by atoms with Crippen molar-refractivity contribution in [2.45, 2.75) is 32.6 Å². The molecule has 2 bridgehead atoms. The van der Waals surface area contributed by atoms with Crippen LogP contribution in [0.25, 0.3) is 16.7 Å². The smallest absolute Gasteiger partial charge is 0.170 e. The summed E-state index contributed by atoms with van der Waals surface area (Å²) in [5.74, 6) is 0.735. The third kappa shape index (κ3) is 2.49. The Kier molecular flexibility index (Phi) is 4.13. The molecule has 0 spiro atoms. The van der Waals surface area contributed by atoms with Gasteiger partial charge >= 0.3 is 0 Å². The molecular formula is C24H22ClFO2. The van der Waals surface area contributed by atoms with Crippen LogP contribution in [0.15, 0.2) is 42.2 Å². The zero-order valence-electron chi connectivity index (χ0n) is 15.7. The van der Waals surface area contributed by atoms with Crippen LogP contribution in [0.2, 0.25) is 5.02 Å². The van der Waals surface area contributed by atoms with Crippen molar-refractivity contribution < 1.29 is 14.3 Å². The highest BCUT2D eigenvalue weighted by molar-refractivity contribution is 6.30. The van der Waals surface area contributed by atoms with Gasteiger partial charge in [0, 0.05) is 11.8 Å². The van der Waals surface area contributed by atoms with Crippen LogP contribution in [-0.4, -0.2) is 10.9 Å². The van der Waals surface area contributed by atoms with Gasteiger partial charge in [-0.05, 0) is 78.0 Å². The van der Waals surface area contributed by atoms with Gasteiger partial charge in [0.05, 0.1) is 10.6 Å². The van der Waals surface area contributed by atoms with Crippen molar-refractivity contribution >= 4 is 23.0 Å². The molecule has 4 heteroatoms. The molecule has 3 aliphatic rings. The van der Waals surface area contributed by atoms with E-state index in [0.29, 0.717) is 23.0 Å². The molecule has 28 heavy (non-hydrogen) atoms.